The van der Waals surface area contributed by atoms with Crippen LogP contribution in [0.4, 0.5) is 0 Å². The molecule has 3 aliphatic rings. The van der Waals surface area contributed by atoms with Gasteiger partial charge in [-0.2, -0.15) is 0 Å². The summed E-state index contributed by atoms with van der Waals surface area (Å²) in [5.74, 6) is -1.03. The standard InChI is InChI=1S/C32H33N5O6/c1-42-25-11-5-9-21-20(25)15-24(34-21)32(41)37-16-18-6-4-7-19(18)27(37)30(40)35-23(14-17-12-13-33-29(17)39)28(38)31-36-22-8-2-3-10-26(22)43-31/h2-3,5,8-11,15,17-19,23,27,34H,4,6-7,12-14,16H2,1H3,(H,33,39)(H,35,40)/t17-,18?,19?,23-,27?/m0/s1. The molecule has 3 N–H and O–H groups in total. The number of aromatic nitrogens is 2. The Labute approximate surface area is 247 Å². The van der Waals surface area contributed by atoms with E-state index >= 15 is 0 Å². The van der Waals surface area contributed by atoms with Crippen molar-refractivity contribution in [1.29, 1.82) is 0 Å². The summed E-state index contributed by atoms with van der Waals surface area (Å²) in [6, 6.07) is 12.6. The molecule has 5 atom stereocenters. The fourth-order valence-electron chi connectivity index (χ4n) is 7.20. The number of carbonyl (C=O) groups is 4. The molecule has 2 saturated heterocycles. The number of Topliss-reactive ketones (excluding diaryl/α,β-unsaturated/α-hetero) is 1. The second-order valence-corrected chi connectivity index (χ2v) is 11.8. The second-order valence-electron chi connectivity index (χ2n) is 11.8. The monoisotopic (exact) mass is 583 g/mol. The van der Waals surface area contributed by atoms with Gasteiger partial charge in [-0.05, 0) is 67.9 Å². The number of hydrogen-bond donors (Lipinski definition) is 3. The molecular formula is C32H33N5O6. The summed E-state index contributed by atoms with van der Waals surface area (Å²) < 4.78 is 11.2. The minimum Gasteiger partial charge on any atom is -0.496 e. The van der Waals surface area contributed by atoms with Crippen LogP contribution in [0.25, 0.3) is 22.0 Å². The van der Waals surface area contributed by atoms with Crippen LogP contribution in [0, 0.1) is 17.8 Å². The molecule has 2 aliphatic heterocycles. The largest absolute Gasteiger partial charge is 0.496 e. The summed E-state index contributed by atoms with van der Waals surface area (Å²) in [6.07, 6.45) is 3.42. The molecule has 2 aromatic carbocycles. The molecule has 3 amide bonds. The molecule has 7 rings (SSSR count). The van der Waals surface area contributed by atoms with Crippen LogP contribution in [0.15, 0.2) is 52.9 Å². The number of benzene rings is 2. The fraction of sp³-hybridized carbons (Fsp3) is 0.406. The van der Waals surface area contributed by atoms with Crippen LogP contribution >= 0.6 is 0 Å². The molecule has 3 unspecified atom stereocenters. The van der Waals surface area contributed by atoms with E-state index in [0.717, 1.165) is 30.2 Å². The van der Waals surface area contributed by atoms with Gasteiger partial charge in [0, 0.05) is 29.9 Å². The first-order valence-electron chi connectivity index (χ1n) is 14.9. The van der Waals surface area contributed by atoms with Crippen molar-refractivity contribution in [3.05, 3.63) is 60.1 Å². The molecule has 2 aromatic heterocycles. The lowest BCUT2D eigenvalue weighted by Gasteiger charge is -2.29. The van der Waals surface area contributed by atoms with Crippen LogP contribution in [0.3, 0.4) is 0 Å². The maximum Gasteiger partial charge on any atom is 0.271 e. The number of ether oxygens (including phenoxy) is 1. The number of oxazole rings is 1. The van der Waals surface area contributed by atoms with E-state index in [1.165, 1.54) is 0 Å². The number of H-pyrrole nitrogens is 1. The minimum absolute atomic E-state index is 0.0160. The van der Waals surface area contributed by atoms with Crippen molar-refractivity contribution >= 4 is 45.5 Å². The van der Waals surface area contributed by atoms with E-state index in [2.05, 4.69) is 20.6 Å². The summed E-state index contributed by atoms with van der Waals surface area (Å²) in [5, 5.41) is 6.54. The first-order valence-corrected chi connectivity index (χ1v) is 14.9. The van der Waals surface area contributed by atoms with Crippen LogP contribution in [-0.2, 0) is 9.59 Å². The minimum atomic E-state index is -1.04. The highest BCUT2D eigenvalue weighted by molar-refractivity contribution is 6.04. The number of likely N-dealkylation sites (tertiary alicyclic amines) is 1. The van der Waals surface area contributed by atoms with Crippen molar-refractivity contribution in [2.24, 2.45) is 17.8 Å². The van der Waals surface area contributed by atoms with E-state index in [1.807, 2.05) is 18.2 Å². The zero-order valence-corrected chi connectivity index (χ0v) is 23.8. The Balaban J connectivity index is 1.18. The molecule has 0 spiro atoms. The maximum atomic E-state index is 14.1. The molecule has 0 bridgehead atoms. The highest BCUT2D eigenvalue weighted by Gasteiger charge is 2.50. The molecule has 1 saturated carbocycles. The van der Waals surface area contributed by atoms with E-state index in [0.29, 0.717) is 42.1 Å². The van der Waals surface area contributed by atoms with Crippen molar-refractivity contribution in [3.63, 3.8) is 0 Å². The fourth-order valence-corrected chi connectivity index (χ4v) is 7.20. The number of nitrogens with zero attached hydrogens (tertiary/aromatic N) is 2. The molecule has 1 aliphatic carbocycles. The van der Waals surface area contributed by atoms with Gasteiger partial charge in [-0.1, -0.05) is 24.6 Å². The zero-order valence-electron chi connectivity index (χ0n) is 23.8. The quantitative estimate of drug-likeness (QED) is 0.269. The van der Waals surface area contributed by atoms with Crippen LogP contribution in [0.2, 0.25) is 0 Å². The Morgan fingerprint density at radius 3 is 2.79 bits per heavy atom. The molecule has 0 radical (unpaired) electrons. The number of para-hydroxylation sites is 2. The molecule has 4 heterocycles. The Morgan fingerprint density at radius 2 is 2.00 bits per heavy atom. The number of ketones is 1. The highest BCUT2D eigenvalue weighted by Crippen LogP contribution is 2.43. The van der Waals surface area contributed by atoms with Gasteiger partial charge in [0.15, 0.2) is 5.58 Å². The number of nitrogens with one attached hydrogen (secondary N) is 3. The second kappa shape index (κ2) is 10.9. The number of hydrogen-bond acceptors (Lipinski definition) is 7. The highest BCUT2D eigenvalue weighted by atomic mass is 16.5. The summed E-state index contributed by atoms with van der Waals surface area (Å²) in [7, 11) is 1.58. The van der Waals surface area contributed by atoms with E-state index in [9.17, 15) is 19.2 Å². The molecule has 11 heteroatoms. The van der Waals surface area contributed by atoms with E-state index < -0.39 is 29.7 Å². The molecule has 4 aromatic rings. The smallest absolute Gasteiger partial charge is 0.271 e. The van der Waals surface area contributed by atoms with E-state index in [1.54, 1.807) is 42.3 Å². The van der Waals surface area contributed by atoms with Crippen molar-refractivity contribution in [1.82, 2.24) is 25.5 Å². The Hall–Kier alpha value is -4.67. The number of rotatable bonds is 8. The third-order valence-electron chi connectivity index (χ3n) is 9.32. The predicted octanol–water partition coefficient (Wildman–Crippen LogP) is 3.45. The summed E-state index contributed by atoms with van der Waals surface area (Å²) in [6.45, 7) is 0.980. The predicted molar refractivity (Wildman–Crippen MR) is 157 cm³/mol. The lowest BCUT2D eigenvalue weighted by atomic mass is 9.92. The van der Waals surface area contributed by atoms with Gasteiger partial charge in [-0.3, -0.25) is 19.2 Å². The number of amides is 3. The lowest BCUT2D eigenvalue weighted by molar-refractivity contribution is -0.127. The van der Waals surface area contributed by atoms with Crippen molar-refractivity contribution < 1.29 is 28.3 Å². The maximum absolute atomic E-state index is 14.1. The van der Waals surface area contributed by atoms with Crippen LogP contribution in [0.5, 0.6) is 5.75 Å². The van der Waals surface area contributed by atoms with Crippen molar-refractivity contribution in [2.45, 2.75) is 44.2 Å². The van der Waals surface area contributed by atoms with Gasteiger partial charge in [-0.15, -0.1) is 0 Å². The summed E-state index contributed by atoms with van der Waals surface area (Å²) in [4.78, 5) is 63.6. The number of carbonyl (C=O) groups excluding carboxylic acids is 4. The first-order chi connectivity index (χ1) is 20.9. The Morgan fingerprint density at radius 1 is 1.14 bits per heavy atom. The third-order valence-corrected chi connectivity index (χ3v) is 9.32. The van der Waals surface area contributed by atoms with E-state index in [4.69, 9.17) is 9.15 Å². The van der Waals surface area contributed by atoms with Gasteiger partial charge in [0.2, 0.25) is 17.6 Å². The normalized spacial score (nSPS) is 23.8. The van der Waals surface area contributed by atoms with Crippen LogP contribution in [-0.4, -0.2) is 70.7 Å². The third kappa shape index (κ3) is 4.82. The molecule has 222 valence electrons. The number of aromatic amines is 1. The van der Waals surface area contributed by atoms with Gasteiger partial charge in [0.25, 0.3) is 11.8 Å². The average Bonchev–Trinajstić information content (AvgIpc) is 3.83. The van der Waals surface area contributed by atoms with E-state index in [-0.39, 0.29) is 36.0 Å². The Bertz CT molecular complexity index is 1710. The summed E-state index contributed by atoms with van der Waals surface area (Å²) >= 11 is 0. The number of fused-ring (bicyclic) bond motifs is 3. The Kier molecular flexibility index (Phi) is 6.87. The van der Waals surface area contributed by atoms with Gasteiger partial charge < -0.3 is 29.7 Å². The molecule has 3 fully saturated rings. The van der Waals surface area contributed by atoms with Gasteiger partial charge in [0.1, 0.15) is 23.0 Å². The first kappa shape index (κ1) is 27.2. The SMILES string of the molecule is COc1cccc2[nH]c(C(=O)N3CC4CCCC4C3C(=O)N[C@@H](C[C@@H]3CCNC3=O)C(=O)c3nc4ccccc4o3)cc12. The lowest BCUT2D eigenvalue weighted by Crippen LogP contribution is -2.53. The number of methoxy groups -OCH3 is 1. The van der Waals surface area contributed by atoms with Crippen molar-refractivity contribution in [3.8, 4) is 5.75 Å². The summed E-state index contributed by atoms with van der Waals surface area (Å²) in [5.41, 5.74) is 2.14. The van der Waals surface area contributed by atoms with Crippen LogP contribution in [0.1, 0.15) is 53.3 Å². The average molecular weight is 584 g/mol. The zero-order chi connectivity index (χ0) is 29.7. The van der Waals surface area contributed by atoms with Crippen LogP contribution < -0.4 is 15.4 Å². The molecule has 43 heavy (non-hydrogen) atoms. The van der Waals surface area contributed by atoms with Crippen molar-refractivity contribution in [2.75, 3.05) is 20.2 Å². The van der Waals surface area contributed by atoms with Gasteiger partial charge >= 0.3 is 0 Å². The topological polar surface area (TPSA) is 147 Å². The van der Waals surface area contributed by atoms with Gasteiger partial charge in [0.05, 0.1) is 13.2 Å². The van der Waals surface area contributed by atoms with Gasteiger partial charge in [-0.25, -0.2) is 4.98 Å². The molecular weight excluding hydrogens is 550 g/mol. The molecule has 11 nitrogen and oxygen atoms in total.